The van der Waals surface area contributed by atoms with Gasteiger partial charge in [0.15, 0.2) is 0 Å². The van der Waals surface area contributed by atoms with Gasteiger partial charge in [0.1, 0.15) is 24.1 Å². The molecule has 0 saturated heterocycles. The molecule has 186 valence electrons. The lowest BCUT2D eigenvalue weighted by atomic mass is 9.98. The molecule has 0 radical (unpaired) electrons. The Morgan fingerprint density at radius 2 is 1.49 bits per heavy atom. The van der Waals surface area contributed by atoms with E-state index in [1.165, 1.54) is 0 Å². The number of nitrogens with one attached hydrogen (secondary N) is 1. The maximum Gasteiger partial charge on any atom is 0.407 e. The standard InChI is InChI=1S/C30H24ClNO5/c31-20-14-15-28(37-21-8-2-1-3-9-21)19(16-20)17-27(29(33)34)32-30(35)36-18-26-24-12-6-4-10-22(24)23-11-5-7-13-25(23)26/h1-16,26-27H,17-18H2,(H,32,35)(H,33,34)/t27-/m0/s1. The molecule has 4 aromatic rings. The largest absolute Gasteiger partial charge is 0.480 e. The number of rotatable bonds is 8. The van der Waals surface area contributed by atoms with Crippen LogP contribution in [0.4, 0.5) is 4.79 Å². The van der Waals surface area contributed by atoms with Crippen LogP contribution in [-0.2, 0) is 16.0 Å². The third kappa shape index (κ3) is 5.44. The molecule has 0 aromatic heterocycles. The molecular weight excluding hydrogens is 490 g/mol. The van der Waals surface area contributed by atoms with E-state index in [0.29, 0.717) is 22.1 Å². The predicted molar refractivity (Wildman–Crippen MR) is 141 cm³/mol. The number of carbonyl (C=O) groups excluding carboxylic acids is 1. The van der Waals surface area contributed by atoms with Crippen LogP contribution < -0.4 is 10.1 Å². The number of benzene rings is 4. The van der Waals surface area contributed by atoms with E-state index in [1.807, 2.05) is 54.6 Å². The molecule has 4 aromatic carbocycles. The summed E-state index contributed by atoms with van der Waals surface area (Å²) in [6.07, 6.45) is -0.843. The molecule has 1 amide bonds. The molecule has 0 aliphatic heterocycles. The van der Waals surface area contributed by atoms with E-state index in [2.05, 4.69) is 17.4 Å². The molecule has 0 unspecified atom stereocenters. The van der Waals surface area contributed by atoms with Gasteiger partial charge in [0.05, 0.1) is 0 Å². The van der Waals surface area contributed by atoms with Gasteiger partial charge in [0, 0.05) is 17.4 Å². The summed E-state index contributed by atoms with van der Waals surface area (Å²) in [4.78, 5) is 24.8. The number of aliphatic carboxylic acids is 1. The molecule has 5 rings (SSSR count). The van der Waals surface area contributed by atoms with Crippen molar-refractivity contribution in [3.05, 3.63) is 119 Å². The molecule has 6 nitrogen and oxygen atoms in total. The van der Waals surface area contributed by atoms with Crippen molar-refractivity contribution in [3.8, 4) is 22.6 Å². The Balaban J connectivity index is 1.28. The number of hydrogen-bond donors (Lipinski definition) is 2. The molecule has 1 aliphatic rings. The number of halogens is 1. The summed E-state index contributed by atoms with van der Waals surface area (Å²) in [5.41, 5.74) is 4.92. The van der Waals surface area contributed by atoms with E-state index in [4.69, 9.17) is 21.1 Å². The summed E-state index contributed by atoms with van der Waals surface area (Å²) in [6, 6.07) is 28.9. The molecule has 0 bridgehead atoms. The van der Waals surface area contributed by atoms with Crippen LogP contribution in [0.3, 0.4) is 0 Å². The molecule has 7 heteroatoms. The van der Waals surface area contributed by atoms with Crippen molar-refractivity contribution >= 4 is 23.7 Å². The fourth-order valence-corrected chi connectivity index (χ4v) is 4.82. The normalized spacial score (nSPS) is 12.8. The number of ether oxygens (including phenoxy) is 2. The van der Waals surface area contributed by atoms with Crippen LogP contribution >= 0.6 is 11.6 Å². The third-order valence-electron chi connectivity index (χ3n) is 6.35. The van der Waals surface area contributed by atoms with E-state index < -0.39 is 18.1 Å². The van der Waals surface area contributed by atoms with Crippen molar-refractivity contribution in [1.82, 2.24) is 5.32 Å². The lowest BCUT2D eigenvalue weighted by Gasteiger charge is -2.19. The van der Waals surface area contributed by atoms with E-state index in [9.17, 15) is 14.7 Å². The first-order valence-electron chi connectivity index (χ1n) is 11.9. The average Bonchev–Trinajstić information content (AvgIpc) is 3.23. The van der Waals surface area contributed by atoms with E-state index in [-0.39, 0.29) is 18.9 Å². The second kappa shape index (κ2) is 10.8. The molecular formula is C30H24ClNO5. The van der Waals surface area contributed by atoms with Crippen molar-refractivity contribution in [2.45, 2.75) is 18.4 Å². The number of alkyl carbamates (subject to hydrolysis) is 1. The van der Waals surface area contributed by atoms with Crippen molar-refractivity contribution < 1.29 is 24.2 Å². The summed E-state index contributed by atoms with van der Waals surface area (Å²) in [7, 11) is 0. The quantitative estimate of drug-likeness (QED) is 0.275. The highest BCUT2D eigenvalue weighted by Crippen LogP contribution is 2.44. The highest BCUT2D eigenvalue weighted by Gasteiger charge is 2.30. The van der Waals surface area contributed by atoms with Gasteiger partial charge in [-0.2, -0.15) is 0 Å². The minimum Gasteiger partial charge on any atom is -0.480 e. The van der Waals surface area contributed by atoms with Crippen LogP contribution in [0.1, 0.15) is 22.6 Å². The SMILES string of the molecule is O=C(N[C@@H](Cc1cc(Cl)ccc1Oc1ccccc1)C(=O)O)OCC1c2ccccc2-c2ccccc21. The zero-order valence-electron chi connectivity index (χ0n) is 19.8. The molecule has 0 fully saturated rings. The van der Waals surface area contributed by atoms with Crippen molar-refractivity contribution in [2.75, 3.05) is 6.61 Å². The highest BCUT2D eigenvalue weighted by molar-refractivity contribution is 6.30. The van der Waals surface area contributed by atoms with Crippen LogP contribution in [0, 0.1) is 0 Å². The monoisotopic (exact) mass is 513 g/mol. The summed E-state index contributed by atoms with van der Waals surface area (Å²) in [5.74, 6) is -0.266. The van der Waals surface area contributed by atoms with Gasteiger partial charge in [-0.15, -0.1) is 0 Å². The molecule has 0 saturated carbocycles. The van der Waals surface area contributed by atoms with Gasteiger partial charge in [-0.1, -0.05) is 78.3 Å². The van der Waals surface area contributed by atoms with E-state index in [1.54, 1.807) is 30.3 Å². The Kier molecular flexibility index (Phi) is 7.10. The van der Waals surface area contributed by atoms with Crippen LogP contribution in [-0.4, -0.2) is 29.8 Å². The first kappa shape index (κ1) is 24.4. The smallest absolute Gasteiger partial charge is 0.407 e. The van der Waals surface area contributed by atoms with Gasteiger partial charge in [0.25, 0.3) is 0 Å². The number of carboxylic acid groups (broad SMARTS) is 1. The maximum atomic E-state index is 12.7. The van der Waals surface area contributed by atoms with Crippen molar-refractivity contribution in [1.29, 1.82) is 0 Å². The van der Waals surface area contributed by atoms with Gasteiger partial charge in [0.2, 0.25) is 0 Å². The van der Waals surface area contributed by atoms with Gasteiger partial charge in [-0.25, -0.2) is 9.59 Å². The number of carboxylic acids is 1. The highest BCUT2D eigenvalue weighted by atomic mass is 35.5. The summed E-state index contributed by atoms with van der Waals surface area (Å²) in [6.45, 7) is 0.0890. The fraction of sp³-hybridized carbons (Fsp3) is 0.133. The molecule has 1 atom stereocenters. The number of amides is 1. The van der Waals surface area contributed by atoms with Crippen LogP contribution in [0.2, 0.25) is 5.02 Å². The molecule has 1 aliphatic carbocycles. The molecule has 0 heterocycles. The predicted octanol–water partition coefficient (Wildman–Crippen LogP) is 6.67. The Morgan fingerprint density at radius 1 is 0.865 bits per heavy atom. The summed E-state index contributed by atoms with van der Waals surface area (Å²) < 4.78 is 11.5. The molecule has 2 N–H and O–H groups in total. The molecule has 37 heavy (non-hydrogen) atoms. The van der Waals surface area contributed by atoms with Gasteiger partial charge >= 0.3 is 12.1 Å². The Morgan fingerprint density at radius 3 is 2.14 bits per heavy atom. The maximum absolute atomic E-state index is 12.7. The van der Waals surface area contributed by atoms with Crippen LogP contribution in [0.5, 0.6) is 11.5 Å². The number of fused-ring (bicyclic) bond motifs is 3. The Bertz CT molecular complexity index is 1390. The topological polar surface area (TPSA) is 84.9 Å². The lowest BCUT2D eigenvalue weighted by Crippen LogP contribution is -2.43. The number of para-hydroxylation sites is 1. The zero-order valence-corrected chi connectivity index (χ0v) is 20.5. The van der Waals surface area contributed by atoms with Gasteiger partial charge in [-0.3, -0.25) is 0 Å². The van der Waals surface area contributed by atoms with E-state index >= 15 is 0 Å². The fourth-order valence-electron chi connectivity index (χ4n) is 4.62. The zero-order chi connectivity index (χ0) is 25.8. The van der Waals surface area contributed by atoms with Gasteiger partial charge < -0.3 is 19.9 Å². The Hall–Kier alpha value is -4.29. The van der Waals surface area contributed by atoms with Crippen molar-refractivity contribution in [3.63, 3.8) is 0 Å². The average molecular weight is 514 g/mol. The van der Waals surface area contributed by atoms with E-state index in [0.717, 1.165) is 22.3 Å². The second-order valence-corrected chi connectivity index (χ2v) is 9.17. The van der Waals surface area contributed by atoms with Crippen LogP contribution in [0.15, 0.2) is 97.1 Å². The minimum absolute atomic E-state index is 0.0394. The minimum atomic E-state index is -1.24. The first-order chi connectivity index (χ1) is 18.0. The summed E-state index contributed by atoms with van der Waals surface area (Å²) in [5, 5.41) is 12.7. The van der Waals surface area contributed by atoms with Crippen molar-refractivity contribution in [2.24, 2.45) is 0 Å². The Labute approximate surface area is 219 Å². The van der Waals surface area contributed by atoms with Crippen LogP contribution in [0.25, 0.3) is 11.1 Å². The molecule has 0 spiro atoms. The summed E-state index contributed by atoms with van der Waals surface area (Å²) >= 11 is 6.18. The lowest BCUT2D eigenvalue weighted by molar-refractivity contribution is -0.139. The third-order valence-corrected chi connectivity index (χ3v) is 6.59. The number of hydrogen-bond acceptors (Lipinski definition) is 4. The second-order valence-electron chi connectivity index (χ2n) is 8.73. The number of carbonyl (C=O) groups is 2. The van der Waals surface area contributed by atoms with Gasteiger partial charge in [-0.05, 0) is 58.1 Å². The first-order valence-corrected chi connectivity index (χ1v) is 12.2.